The molecule has 1 N–H and O–H groups in total. The number of methoxy groups -OCH3 is 2. The van der Waals surface area contributed by atoms with E-state index < -0.39 is 16.3 Å². The Hall–Kier alpha value is -1.54. The van der Waals surface area contributed by atoms with Gasteiger partial charge in [-0.1, -0.05) is 12.1 Å². The van der Waals surface area contributed by atoms with E-state index in [9.17, 15) is 8.42 Å². The molecule has 6 nitrogen and oxygen atoms in total. The van der Waals surface area contributed by atoms with Gasteiger partial charge in [-0.3, -0.25) is 4.98 Å². The Labute approximate surface area is 117 Å². The molecule has 0 fully saturated rings. The number of nitrogens with one attached hydrogen (secondary N) is 1. The first-order valence-corrected chi connectivity index (χ1v) is 7.45. The fourth-order valence-corrected chi connectivity index (χ4v) is 3.09. The molecule has 0 aliphatic carbocycles. The van der Waals surface area contributed by atoms with Gasteiger partial charge in [0.2, 0.25) is 10.0 Å². The Morgan fingerprint density at radius 3 is 2.70 bits per heavy atom. The smallest absolute Gasteiger partial charge is 0.241 e. The van der Waals surface area contributed by atoms with Gasteiger partial charge in [-0.05, 0) is 12.1 Å². The maximum absolute atomic E-state index is 12.3. The molecule has 0 amide bonds. The number of pyridine rings is 1. The SMILES string of the molecule is COC(CNS(=O)(=O)c1cccc2cnccc12)OC. The van der Waals surface area contributed by atoms with Crippen LogP contribution in [0.3, 0.4) is 0 Å². The fraction of sp³-hybridized carbons (Fsp3) is 0.308. The van der Waals surface area contributed by atoms with Crippen LogP contribution in [0, 0.1) is 0 Å². The van der Waals surface area contributed by atoms with Crippen LogP contribution in [0.2, 0.25) is 0 Å². The van der Waals surface area contributed by atoms with E-state index in [2.05, 4.69) is 9.71 Å². The summed E-state index contributed by atoms with van der Waals surface area (Å²) in [5.41, 5.74) is 0. The summed E-state index contributed by atoms with van der Waals surface area (Å²) >= 11 is 0. The third kappa shape index (κ3) is 3.13. The van der Waals surface area contributed by atoms with Crippen molar-refractivity contribution < 1.29 is 17.9 Å². The lowest BCUT2D eigenvalue weighted by Gasteiger charge is -2.15. The van der Waals surface area contributed by atoms with Gasteiger partial charge in [0.25, 0.3) is 0 Å². The quantitative estimate of drug-likeness (QED) is 0.809. The largest absolute Gasteiger partial charge is 0.355 e. The van der Waals surface area contributed by atoms with Crippen LogP contribution in [-0.2, 0) is 19.5 Å². The Balaban J connectivity index is 2.32. The minimum Gasteiger partial charge on any atom is -0.355 e. The molecule has 0 radical (unpaired) electrons. The molecule has 20 heavy (non-hydrogen) atoms. The van der Waals surface area contributed by atoms with Crippen molar-refractivity contribution >= 4 is 20.8 Å². The van der Waals surface area contributed by atoms with Crippen molar-refractivity contribution in [3.05, 3.63) is 36.7 Å². The molecule has 0 atom stereocenters. The van der Waals surface area contributed by atoms with Crippen LogP contribution < -0.4 is 4.72 Å². The number of sulfonamides is 1. The van der Waals surface area contributed by atoms with Gasteiger partial charge < -0.3 is 9.47 Å². The van der Waals surface area contributed by atoms with Gasteiger partial charge in [-0.15, -0.1) is 0 Å². The Morgan fingerprint density at radius 2 is 2.00 bits per heavy atom. The van der Waals surface area contributed by atoms with Gasteiger partial charge in [0.05, 0.1) is 11.4 Å². The predicted octanol–water partition coefficient (Wildman–Crippen LogP) is 1.13. The van der Waals surface area contributed by atoms with E-state index in [1.165, 1.54) is 14.2 Å². The second kappa shape index (κ2) is 6.27. The molecule has 1 aromatic heterocycles. The Bertz CT molecular complexity index is 678. The van der Waals surface area contributed by atoms with Crippen LogP contribution in [0.15, 0.2) is 41.6 Å². The van der Waals surface area contributed by atoms with Crippen molar-refractivity contribution in [1.82, 2.24) is 9.71 Å². The second-order valence-corrected chi connectivity index (χ2v) is 5.84. The zero-order valence-corrected chi connectivity index (χ0v) is 12.1. The van der Waals surface area contributed by atoms with Crippen molar-refractivity contribution in [2.24, 2.45) is 0 Å². The monoisotopic (exact) mass is 296 g/mol. The lowest BCUT2D eigenvalue weighted by Crippen LogP contribution is -2.34. The molecular formula is C13H16N2O4S. The molecule has 108 valence electrons. The van der Waals surface area contributed by atoms with Crippen LogP contribution in [-0.4, -0.2) is 40.5 Å². The van der Waals surface area contributed by atoms with Gasteiger partial charge in [0.15, 0.2) is 6.29 Å². The number of rotatable bonds is 6. The molecule has 7 heteroatoms. The van der Waals surface area contributed by atoms with Crippen molar-refractivity contribution in [3.8, 4) is 0 Å². The summed E-state index contributed by atoms with van der Waals surface area (Å²) in [6.45, 7) is 0.0385. The number of benzene rings is 1. The lowest BCUT2D eigenvalue weighted by atomic mass is 10.2. The van der Waals surface area contributed by atoms with Gasteiger partial charge in [0.1, 0.15) is 0 Å². The van der Waals surface area contributed by atoms with Gasteiger partial charge in [-0.25, -0.2) is 13.1 Å². The Morgan fingerprint density at radius 1 is 1.25 bits per heavy atom. The van der Waals surface area contributed by atoms with Crippen LogP contribution in [0.25, 0.3) is 10.8 Å². The summed E-state index contributed by atoms with van der Waals surface area (Å²) in [5, 5.41) is 1.40. The van der Waals surface area contributed by atoms with Gasteiger partial charge in [-0.2, -0.15) is 0 Å². The summed E-state index contributed by atoms with van der Waals surface area (Å²) in [4.78, 5) is 4.19. The predicted molar refractivity (Wildman–Crippen MR) is 74.7 cm³/mol. The molecule has 0 aliphatic rings. The molecule has 0 spiro atoms. The molecule has 1 aromatic carbocycles. The van der Waals surface area contributed by atoms with Crippen LogP contribution in [0.1, 0.15) is 0 Å². The molecular weight excluding hydrogens is 280 g/mol. The standard InChI is InChI=1S/C13H16N2O4S/c1-18-13(19-2)9-15-20(16,17)12-5-3-4-10-8-14-7-6-11(10)12/h3-8,13,15H,9H2,1-2H3. The first-order valence-electron chi connectivity index (χ1n) is 5.96. The number of nitrogens with zero attached hydrogens (tertiary/aromatic N) is 1. The first-order chi connectivity index (χ1) is 9.58. The Kier molecular flexibility index (Phi) is 4.66. The zero-order chi connectivity index (χ0) is 14.6. The van der Waals surface area contributed by atoms with E-state index in [1.807, 2.05) is 6.07 Å². The third-order valence-corrected chi connectivity index (χ3v) is 4.38. The number of aromatic nitrogens is 1. The van der Waals surface area contributed by atoms with Crippen LogP contribution >= 0.6 is 0 Å². The highest BCUT2D eigenvalue weighted by Gasteiger charge is 2.18. The molecule has 0 saturated carbocycles. The van der Waals surface area contributed by atoms with E-state index in [1.54, 1.807) is 30.6 Å². The molecule has 2 rings (SSSR count). The number of hydrogen-bond donors (Lipinski definition) is 1. The molecule has 0 unspecified atom stereocenters. The van der Waals surface area contributed by atoms with E-state index in [0.717, 1.165) is 5.39 Å². The van der Waals surface area contributed by atoms with Crippen LogP contribution in [0.5, 0.6) is 0 Å². The topological polar surface area (TPSA) is 77.5 Å². The minimum absolute atomic E-state index is 0.0385. The highest BCUT2D eigenvalue weighted by atomic mass is 32.2. The van der Waals surface area contributed by atoms with Gasteiger partial charge in [0, 0.05) is 37.4 Å². The summed E-state index contributed by atoms with van der Waals surface area (Å²) in [6, 6.07) is 6.73. The average Bonchev–Trinajstić information content (AvgIpc) is 2.47. The summed E-state index contributed by atoms with van der Waals surface area (Å²) in [5.74, 6) is 0. The number of hydrogen-bond acceptors (Lipinski definition) is 5. The van der Waals surface area contributed by atoms with Crippen molar-refractivity contribution in [2.45, 2.75) is 11.2 Å². The van der Waals surface area contributed by atoms with Crippen molar-refractivity contribution in [3.63, 3.8) is 0 Å². The van der Waals surface area contributed by atoms with Crippen molar-refractivity contribution in [2.75, 3.05) is 20.8 Å². The van der Waals surface area contributed by atoms with Crippen LogP contribution in [0.4, 0.5) is 0 Å². The lowest BCUT2D eigenvalue weighted by molar-refractivity contribution is -0.0960. The zero-order valence-electron chi connectivity index (χ0n) is 11.2. The van der Waals surface area contributed by atoms with E-state index in [0.29, 0.717) is 5.39 Å². The van der Waals surface area contributed by atoms with Crippen molar-refractivity contribution in [1.29, 1.82) is 0 Å². The molecule has 1 heterocycles. The maximum Gasteiger partial charge on any atom is 0.241 e. The number of fused-ring (bicyclic) bond motifs is 1. The van der Waals surface area contributed by atoms with Gasteiger partial charge >= 0.3 is 0 Å². The summed E-state index contributed by atoms with van der Waals surface area (Å²) in [6.07, 6.45) is 2.57. The maximum atomic E-state index is 12.3. The molecule has 0 aliphatic heterocycles. The minimum atomic E-state index is -3.64. The summed E-state index contributed by atoms with van der Waals surface area (Å²) in [7, 11) is -0.739. The highest BCUT2D eigenvalue weighted by molar-refractivity contribution is 7.89. The average molecular weight is 296 g/mol. The fourth-order valence-electron chi connectivity index (χ4n) is 1.85. The molecule has 0 bridgehead atoms. The molecule has 0 saturated heterocycles. The normalized spacial score (nSPS) is 12.2. The second-order valence-electron chi connectivity index (χ2n) is 4.11. The highest BCUT2D eigenvalue weighted by Crippen LogP contribution is 2.21. The first kappa shape index (κ1) is 14.9. The number of ether oxygens (including phenoxy) is 2. The third-order valence-electron chi connectivity index (χ3n) is 2.90. The summed E-state index contributed by atoms with van der Waals surface area (Å²) < 4.78 is 37.1. The van der Waals surface area contributed by atoms with E-state index in [-0.39, 0.29) is 11.4 Å². The molecule has 2 aromatic rings. The van der Waals surface area contributed by atoms with E-state index >= 15 is 0 Å². The van der Waals surface area contributed by atoms with E-state index in [4.69, 9.17) is 9.47 Å².